The largest absolute Gasteiger partial charge is 0.389 e. The van der Waals surface area contributed by atoms with Gasteiger partial charge in [0, 0.05) is 13.2 Å². The van der Waals surface area contributed by atoms with Gasteiger partial charge in [0.05, 0.1) is 12.7 Å². The van der Waals surface area contributed by atoms with Gasteiger partial charge in [0.2, 0.25) is 0 Å². The predicted molar refractivity (Wildman–Crippen MR) is 87.1 cm³/mol. The lowest BCUT2D eigenvalue weighted by molar-refractivity contribution is 0.0355. The van der Waals surface area contributed by atoms with Crippen LogP contribution in [0.5, 0.6) is 0 Å². The van der Waals surface area contributed by atoms with Crippen LogP contribution in [0, 0.1) is 5.92 Å². The minimum atomic E-state index is -0.367. The Hall–Kier alpha value is -0.120. The summed E-state index contributed by atoms with van der Waals surface area (Å²) in [4.78, 5) is 0. The molecule has 0 aromatic carbocycles. The highest BCUT2D eigenvalue weighted by molar-refractivity contribution is 4.59. The molecule has 0 amide bonds. The average molecular weight is 287 g/mol. The SMILES string of the molecule is CCCCCCCCOCC(O)CNCCCC(C)C. The van der Waals surface area contributed by atoms with Crippen molar-refractivity contribution in [2.45, 2.75) is 78.2 Å². The first kappa shape index (κ1) is 19.9. The summed E-state index contributed by atoms with van der Waals surface area (Å²) in [6, 6.07) is 0. The van der Waals surface area contributed by atoms with Gasteiger partial charge < -0.3 is 15.2 Å². The first-order valence-electron chi connectivity index (χ1n) is 8.63. The van der Waals surface area contributed by atoms with Crippen molar-refractivity contribution in [2.24, 2.45) is 5.92 Å². The van der Waals surface area contributed by atoms with Gasteiger partial charge in [-0.2, -0.15) is 0 Å². The first-order valence-corrected chi connectivity index (χ1v) is 8.63. The lowest BCUT2D eigenvalue weighted by Gasteiger charge is -2.12. The van der Waals surface area contributed by atoms with Crippen LogP contribution in [0.4, 0.5) is 0 Å². The Morgan fingerprint density at radius 3 is 2.40 bits per heavy atom. The monoisotopic (exact) mass is 287 g/mol. The summed E-state index contributed by atoms with van der Waals surface area (Å²) < 4.78 is 5.51. The molecule has 1 atom stereocenters. The number of unbranched alkanes of at least 4 members (excludes halogenated alkanes) is 5. The second kappa shape index (κ2) is 15.3. The van der Waals surface area contributed by atoms with Crippen molar-refractivity contribution in [3.8, 4) is 0 Å². The molecule has 0 fully saturated rings. The van der Waals surface area contributed by atoms with E-state index in [9.17, 15) is 5.11 Å². The Morgan fingerprint density at radius 1 is 1.00 bits per heavy atom. The van der Waals surface area contributed by atoms with Crippen LogP contribution in [0.15, 0.2) is 0 Å². The van der Waals surface area contributed by atoms with E-state index in [-0.39, 0.29) is 6.10 Å². The maximum atomic E-state index is 9.74. The molecule has 1 unspecified atom stereocenters. The maximum absolute atomic E-state index is 9.74. The Balaban J connectivity index is 3.14. The summed E-state index contributed by atoms with van der Waals surface area (Å²) in [5.41, 5.74) is 0. The summed E-state index contributed by atoms with van der Waals surface area (Å²) >= 11 is 0. The number of nitrogens with one attached hydrogen (secondary N) is 1. The molecule has 0 aliphatic carbocycles. The molecule has 0 spiro atoms. The lowest BCUT2D eigenvalue weighted by atomic mass is 10.1. The highest BCUT2D eigenvalue weighted by Gasteiger charge is 2.03. The topological polar surface area (TPSA) is 41.5 Å². The van der Waals surface area contributed by atoms with E-state index in [2.05, 4.69) is 26.1 Å². The number of rotatable bonds is 15. The van der Waals surface area contributed by atoms with Crippen LogP contribution < -0.4 is 5.32 Å². The first-order chi connectivity index (χ1) is 9.66. The number of aliphatic hydroxyl groups is 1. The highest BCUT2D eigenvalue weighted by Crippen LogP contribution is 2.05. The summed E-state index contributed by atoms with van der Waals surface area (Å²) in [5, 5.41) is 13.0. The Kier molecular flexibility index (Phi) is 15.2. The third-order valence-corrected chi connectivity index (χ3v) is 3.47. The van der Waals surface area contributed by atoms with Crippen LogP contribution in [0.1, 0.15) is 72.1 Å². The molecule has 0 aliphatic rings. The van der Waals surface area contributed by atoms with E-state index < -0.39 is 0 Å². The molecular formula is C17H37NO2. The molecule has 0 heterocycles. The number of hydrogen-bond acceptors (Lipinski definition) is 3. The standard InChI is InChI=1S/C17H37NO2/c1-4-5-6-7-8-9-13-20-15-17(19)14-18-12-10-11-16(2)3/h16-19H,4-15H2,1-3H3. The van der Waals surface area contributed by atoms with E-state index in [0.717, 1.165) is 25.5 Å². The van der Waals surface area contributed by atoms with Gasteiger partial charge in [-0.1, -0.05) is 52.9 Å². The van der Waals surface area contributed by atoms with E-state index in [1.807, 2.05) is 0 Å². The van der Waals surface area contributed by atoms with Gasteiger partial charge in [-0.15, -0.1) is 0 Å². The number of ether oxygens (including phenoxy) is 1. The Bertz CT molecular complexity index is 186. The molecular weight excluding hydrogens is 250 g/mol. The number of aliphatic hydroxyl groups excluding tert-OH is 1. The van der Waals surface area contributed by atoms with Gasteiger partial charge >= 0.3 is 0 Å². The van der Waals surface area contributed by atoms with Crippen molar-refractivity contribution < 1.29 is 9.84 Å². The molecule has 0 rings (SSSR count). The molecule has 0 saturated carbocycles. The zero-order chi connectivity index (χ0) is 15.1. The van der Waals surface area contributed by atoms with Crippen LogP contribution in [0.2, 0.25) is 0 Å². The molecule has 0 aromatic rings. The molecule has 20 heavy (non-hydrogen) atoms. The van der Waals surface area contributed by atoms with Crippen molar-refractivity contribution in [2.75, 3.05) is 26.3 Å². The summed E-state index contributed by atoms with van der Waals surface area (Å²) in [6.45, 7) is 9.61. The quantitative estimate of drug-likeness (QED) is 0.451. The van der Waals surface area contributed by atoms with Crippen LogP contribution in [0.25, 0.3) is 0 Å². The fourth-order valence-electron chi connectivity index (χ4n) is 2.17. The van der Waals surface area contributed by atoms with Gasteiger partial charge in [0.1, 0.15) is 0 Å². The fraction of sp³-hybridized carbons (Fsp3) is 1.00. The van der Waals surface area contributed by atoms with Crippen LogP contribution >= 0.6 is 0 Å². The average Bonchev–Trinajstić information content (AvgIpc) is 2.41. The van der Waals surface area contributed by atoms with Gasteiger partial charge in [-0.3, -0.25) is 0 Å². The van der Waals surface area contributed by atoms with Gasteiger partial charge in [0.15, 0.2) is 0 Å². The van der Waals surface area contributed by atoms with Crippen molar-refractivity contribution in [1.29, 1.82) is 0 Å². The molecule has 0 bridgehead atoms. The second-order valence-electron chi connectivity index (χ2n) is 6.24. The molecule has 2 N–H and O–H groups in total. The summed E-state index contributed by atoms with van der Waals surface area (Å²) in [7, 11) is 0. The minimum absolute atomic E-state index is 0.367. The van der Waals surface area contributed by atoms with Gasteiger partial charge in [-0.05, 0) is 31.7 Å². The zero-order valence-corrected chi connectivity index (χ0v) is 14.0. The van der Waals surface area contributed by atoms with Crippen molar-refractivity contribution >= 4 is 0 Å². The van der Waals surface area contributed by atoms with Crippen molar-refractivity contribution in [3.63, 3.8) is 0 Å². The van der Waals surface area contributed by atoms with Crippen molar-refractivity contribution in [1.82, 2.24) is 5.32 Å². The van der Waals surface area contributed by atoms with Crippen molar-refractivity contribution in [3.05, 3.63) is 0 Å². The lowest BCUT2D eigenvalue weighted by Crippen LogP contribution is -2.31. The Labute approximate surface area is 126 Å². The van der Waals surface area contributed by atoms with E-state index >= 15 is 0 Å². The third-order valence-electron chi connectivity index (χ3n) is 3.47. The Morgan fingerprint density at radius 2 is 1.70 bits per heavy atom. The molecule has 3 heteroatoms. The van der Waals surface area contributed by atoms with Crippen LogP contribution in [-0.2, 0) is 4.74 Å². The molecule has 3 nitrogen and oxygen atoms in total. The minimum Gasteiger partial charge on any atom is -0.389 e. The van der Waals surface area contributed by atoms with Gasteiger partial charge in [0.25, 0.3) is 0 Å². The third kappa shape index (κ3) is 15.9. The molecule has 0 radical (unpaired) electrons. The van der Waals surface area contributed by atoms with E-state index in [0.29, 0.717) is 13.2 Å². The van der Waals surface area contributed by atoms with Crippen LogP contribution in [-0.4, -0.2) is 37.5 Å². The zero-order valence-electron chi connectivity index (χ0n) is 14.0. The van der Waals surface area contributed by atoms with Gasteiger partial charge in [-0.25, -0.2) is 0 Å². The molecule has 0 saturated heterocycles. The summed E-state index contributed by atoms with van der Waals surface area (Å²) in [5.74, 6) is 0.766. The molecule has 122 valence electrons. The second-order valence-corrected chi connectivity index (χ2v) is 6.24. The van der Waals surface area contributed by atoms with Crippen LogP contribution in [0.3, 0.4) is 0 Å². The normalized spacial score (nSPS) is 13.1. The number of hydrogen-bond donors (Lipinski definition) is 2. The molecule has 0 aromatic heterocycles. The van der Waals surface area contributed by atoms with E-state index in [1.165, 1.54) is 44.9 Å². The fourth-order valence-corrected chi connectivity index (χ4v) is 2.17. The molecule has 0 aliphatic heterocycles. The smallest absolute Gasteiger partial charge is 0.0897 e. The van der Waals surface area contributed by atoms with E-state index in [4.69, 9.17) is 4.74 Å². The predicted octanol–water partition coefficient (Wildman–Crippen LogP) is 3.75. The van der Waals surface area contributed by atoms with E-state index in [1.54, 1.807) is 0 Å². The maximum Gasteiger partial charge on any atom is 0.0897 e. The summed E-state index contributed by atoms with van der Waals surface area (Å²) in [6.07, 6.45) is 9.75. The highest BCUT2D eigenvalue weighted by atomic mass is 16.5.